The van der Waals surface area contributed by atoms with Crippen LogP contribution in [0.25, 0.3) is 0 Å². The van der Waals surface area contributed by atoms with E-state index in [2.05, 4.69) is 0 Å². The highest BCUT2D eigenvalue weighted by Crippen LogP contribution is 1.97. The van der Waals surface area contributed by atoms with Crippen LogP contribution in [0, 0.1) is 0 Å². The Hall–Kier alpha value is -1.79. The number of carbonyl (C=O) groups excluding carboxylic acids is 1. The normalized spacial score (nSPS) is 12.5. The summed E-state index contributed by atoms with van der Waals surface area (Å²) in [5.41, 5.74) is 1.43. The lowest BCUT2D eigenvalue weighted by Gasteiger charge is -2.10. The third kappa shape index (κ3) is 5.48. The molecule has 13 heavy (non-hydrogen) atoms. The Morgan fingerprint density at radius 1 is 1.46 bits per heavy atom. The molecule has 0 aliphatic rings. The van der Waals surface area contributed by atoms with Crippen molar-refractivity contribution in [1.29, 1.82) is 0 Å². The van der Waals surface area contributed by atoms with Gasteiger partial charge in [0.2, 0.25) is 0 Å². The van der Waals surface area contributed by atoms with E-state index < -0.39 is 24.0 Å². The van der Waals surface area contributed by atoms with Gasteiger partial charge in [-0.2, -0.15) is 0 Å². The number of primary amides is 1. The first-order chi connectivity index (χ1) is 6.47. The van der Waals surface area contributed by atoms with E-state index in [0.717, 1.165) is 0 Å². The molecule has 0 aliphatic carbocycles. The third-order valence-electron chi connectivity index (χ3n) is 1.25. The maximum Gasteiger partial charge on any atom is 0.326 e. The highest BCUT2D eigenvalue weighted by Gasteiger charge is 2.19. The summed E-state index contributed by atoms with van der Waals surface area (Å²) in [7, 11) is 0. The summed E-state index contributed by atoms with van der Waals surface area (Å²) in [5.74, 6) is -2.49. The monoisotopic (exact) mass is 191 g/mol. The molecule has 0 fully saturated rings. The van der Waals surface area contributed by atoms with Gasteiger partial charge in [0, 0.05) is 6.42 Å². The van der Waals surface area contributed by atoms with E-state index in [4.69, 9.17) is 11.6 Å². The maximum absolute atomic E-state index is 10.6. The van der Waals surface area contributed by atoms with Crippen molar-refractivity contribution in [3.63, 3.8) is 0 Å². The summed E-state index contributed by atoms with van der Waals surface area (Å²) in [5, 5.41) is 18.7. The first-order valence-electron chi connectivity index (χ1n) is 3.90. The molecule has 7 heteroatoms. The van der Waals surface area contributed by atoms with Crippen molar-refractivity contribution in [3.8, 4) is 0 Å². The van der Waals surface area contributed by atoms with Crippen LogP contribution in [0.15, 0.2) is 0 Å². The highest BCUT2D eigenvalue weighted by atomic mass is 16.4. The average Bonchev–Trinajstić information content (AvgIpc) is 2.10. The summed E-state index contributed by atoms with van der Waals surface area (Å²) in [6.45, 7) is 0. The molecule has 1 atom stereocenters. The summed E-state index contributed by atoms with van der Waals surface area (Å²) < 4.78 is 6.39. The van der Waals surface area contributed by atoms with E-state index in [1.54, 1.807) is 0 Å². The molecule has 0 aromatic carbocycles. The van der Waals surface area contributed by atoms with Crippen molar-refractivity contribution in [3.05, 3.63) is 0 Å². The molecule has 0 heterocycles. The topological polar surface area (TPSA) is 130 Å². The molecular formula is C6H10N2O5. The Bertz CT molecular complexity index is 244. The van der Waals surface area contributed by atoms with Crippen LogP contribution in [-0.2, 0) is 9.59 Å². The summed E-state index contributed by atoms with van der Waals surface area (Å²) >= 11 is 0. The van der Waals surface area contributed by atoms with E-state index >= 15 is 0 Å². The number of carbonyl (C=O) groups is 3. The predicted octanol–water partition coefficient (Wildman–Crippen LogP) is -1.03. The van der Waals surface area contributed by atoms with E-state index in [1.165, 1.54) is 5.73 Å². The SMILES string of the molecule is [2H]NC(=O)N[C@@H](CCC(=O)O)C(=O)O. The van der Waals surface area contributed by atoms with E-state index in [-0.39, 0.29) is 12.8 Å². The number of amides is 2. The molecular weight excluding hydrogens is 180 g/mol. The van der Waals surface area contributed by atoms with E-state index in [1.807, 2.05) is 5.32 Å². The highest BCUT2D eigenvalue weighted by molar-refractivity contribution is 5.82. The molecule has 2 amide bonds. The number of hydrogen-bond donors (Lipinski definition) is 4. The molecule has 0 aliphatic heterocycles. The van der Waals surface area contributed by atoms with Crippen LogP contribution in [0.5, 0.6) is 0 Å². The minimum Gasteiger partial charge on any atom is -0.481 e. The van der Waals surface area contributed by atoms with Gasteiger partial charge in [0.25, 0.3) is 0 Å². The maximum atomic E-state index is 10.6. The largest absolute Gasteiger partial charge is 0.481 e. The van der Waals surface area contributed by atoms with Crippen molar-refractivity contribution in [2.45, 2.75) is 18.9 Å². The van der Waals surface area contributed by atoms with Gasteiger partial charge >= 0.3 is 18.0 Å². The smallest absolute Gasteiger partial charge is 0.326 e. The zero-order chi connectivity index (χ0) is 11.1. The lowest BCUT2D eigenvalue weighted by molar-refractivity contribution is -0.140. The lowest BCUT2D eigenvalue weighted by Crippen LogP contribution is -2.43. The van der Waals surface area contributed by atoms with Gasteiger partial charge in [0.15, 0.2) is 1.41 Å². The number of nitrogens with one attached hydrogen (secondary N) is 1. The molecule has 0 spiro atoms. The van der Waals surface area contributed by atoms with Crippen molar-refractivity contribution in [2.24, 2.45) is 5.73 Å². The van der Waals surface area contributed by atoms with E-state index in [9.17, 15) is 14.4 Å². The summed E-state index contributed by atoms with van der Waals surface area (Å²) in [6, 6.07) is -2.28. The molecule has 0 bridgehead atoms. The molecule has 0 saturated heterocycles. The fraction of sp³-hybridized carbons (Fsp3) is 0.500. The van der Waals surface area contributed by atoms with Crippen LogP contribution >= 0.6 is 0 Å². The molecule has 0 radical (unpaired) electrons. The van der Waals surface area contributed by atoms with Crippen LogP contribution < -0.4 is 11.0 Å². The number of aliphatic carboxylic acids is 2. The Labute approximate surface area is 75.0 Å². The van der Waals surface area contributed by atoms with Gasteiger partial charge in [-0.1, -0.05) is 0 Å². The quantitative estimate of drug-likeness (QED) is 0.441. The fourth-order valence-electron chi connectivity index (χ4n) is 0.683. The zero-order valence-corrected chi connectivity index (χ0v) is 6.61. The third-order valence-corrected chi connectivity index (χ3v) is 1.25. The van der Waals surface area contributed by atoms with Gasteiger partial charge in [-0.05, 0) is 6.42 Å². The summed E-state index contributed by atoms with van der Waals surface area (Å²) in [6.07, 6.45) is -0.590. The first kappa shape index (κ1) is 9.30. The van der Waals surface area contributed by atoms with Crippen LogP contribution in [0.4, 0.5) is 4.79 Å². The molecule has 0 saturated carbocycles. The Morgan fingerprint density at radius 3 is 2.46 bits per heavy atom. The Balaban J connectivity index is 4.09. The van der Waals surface area contributed by atoms with Crippen molar-refractivity contribution in [1.82, 2.24) is 5.32 Å². The van der Waals surface area contributed by atoms with Gasteiger partial charge in [-0.25, -0.2) is 9.59 Å². The molecule has 5 N–H and O–H groups in total. The number of nitrogens with two attached hydrogens (primary N) is 1. The summed E-state index contributed by atoms with van der Waals surface area (Å²) in [4.78, 5) is 31.1. The van der Waals surface area contributed by atoms with Gasteiger partial charge in [0.1, 0.15) is 6.04 Å². The number of rotatable bonds is 5. The predicted molar refractivity (Wildman–Crippen MR) is 41.0 cm³/mol. The van der Waals surface area contributed by atoms with Crippen molar-refractivity contribution >= 4 is 18.0 Å². The average molecular weight is 191 g/mol. The van der Waals surface area contributed by atoms with Gasteiger partial charge in [0.05, 0.1) is 0 Å². The standard InChI is InChI=1S/C6H10N2O5/c7-6(13)8-3(5(11)12)1-2-4(9)10/h3H,1-2H2,(H,9,10)(H,11,12)(H3,7,8,13)/t3-/m0/s1/i/hD. The van der Waals surface area contributed by atoms with Crippen LogP contribution in [0.1, 0.15) is 12.8 Å². The van der Waals surface area contributed by atoms with Crippen molar-refractivity contribution < 1.29 is 26.0 Å². The van der Waals surface area contributed by atoms with Gasteiger partial charge in [-0.15, -0.1) is 0 Å². The van der Waals surface area contributed by atoms with Crippen LogP contribution in [0.2, 0.25) is 1.41 Å². The van der Waals surface area contributed by atoms with Gasteiger partial charge in [-0.3, -0.25) is 4.79 Å². The Morgan fingerprint density at radius 2 is 2.08 bits per heavy atom. The molecule has 0 unspecified atom stereocenters. The lowest BCUT2D eigenvalue weighted by atomic mass is 10.1. The number of carboxylic acids is 2. The van der Waals surface area contributed by atoms with E-state index in [0.29, 0.717) is 0 Å². The molecule has 0 aromatic rings. The minimum absolute atomic E-state index is 0.224. The molecule has 7 nitrogen and oxygen atoms in total. The number of hydrogen-bond acceptors (Lipinski definition) is 3. The number of urea groups is 1. The first-order valence-corrected chi connectivity index (χ1v) is 3.40. The molecule has 0 aromatic heterocycles. The second-order valence-corrected chi connectivity index (χ2v) is 2.30. The van der Waals surface area contributed by atoms with Crippen LogP contribution in [0.3, 0.4) is 0 Å². The second kappa shape index (κ2) is 4.96. The second-order valence-electron chi connectivity index (χ2n) is 2.30. The Kier molecular flexibility index (Phi) is 3.55. The fourth-order valence-corrected chi connectivity index (χ4v) is 0.683. The van der Waals surface area contributed by atoms with Crippen LogP contribution in [-0.4, -0.2) is 34.2 Å². The molecule has 0 rings (SSSR count). The van der Waals surface area contributed by atoms with Crippen molar-refractivity contribution in [2.75, 3.05) is 0 Å². The minimum atomic E-state index is -1.34. The zero-order valence-electron chi connectivity index (χ0n) is 7.61. The number of carboxylic acid groups (broad SMARTS) is 2. The molecule has 74 valence electrons. The van der Waals surface area contributed by atoms with Gasteiger partial charge < -0.3 is 21.3 Å².